The molecular formula is C21H25N5O. The third kappa shape index (κ3) is 3.89. The van der Waals surface area contributed by atoms with Crippen LogP contribution in [0.25, 0.3) is 11.4 Å². The summed E-state index contributed by atoms with van der Waals surface area (Å²) in [5, 5.41) is 12.5. The molecule has 0 spiro atoms. The second-order valence-corrected chi connectivity index (χ2v) is 7.03. The summed E-state index contributed by atoms with van der Waals surface area (Å²) in [6.07, 6.45) is 1.82. The molecule has 0 N–H and O–H groups in total. The van der Waals surface area contributed by atoms with Crippen LogP contribution in [0.4, 0.5) is 0 Å². The van der Waals surface area contributed by atoms with E-state index < -0.39 is 0 Å². The molecule has 6 heteroatoms. The molecular weight excluding hydrogens is 338 g/mol. The van der Waals surface area contributed by atoms with E-state index >= 15 is 0 Å². The fourth-order valence-corrected chi connectivity index (χ4v) is 3.15. The van der Waals surface area contributed by atoms with Crippen molar-refractivity contribution in [3.63, 3.8) is 0 Å². The van der Waals surface area contributed by atoms with Crippen LogP contribution in [0.1, 0.15) is 47.1 Å². The van der Waals surface area contributed by atoms with Crippen molar-refractivity contribution in [3.05, 3.63) is 65.5 Å². The zero-order valence-electron chi connectivity index (χ0n) is 16.3. The number of hydrogen-bond acceptors (Lipinski definition) is 4. The predicted molar refractivity (Wildman–Crippen MR) is 106 cm³/mol. The van der Waals surface area contributed by atoms with Gasteiger partial charge in [-0.1, -0.05) is 44.2 Å². The first-order valence-corrected chi connectivity index (χ1v) is 9.09. The maximum Gasteiger partial charge on any atom is 0.204 e. The lowest BCUT2D eigenvalue weighted by Gasteiger charge is -2.06. The molecule has 0 aliphatic rings. The molecule has 1 aromatic carbocycles. The number of allylic oxidation sites excluding steroid dienone is 1. The van der Waals surface area contributed by atoms with Gasteiger partial charge in [0.1, 0.15) is 6.54 Å². The van der Waals surface area contributed by atoms with E-state index in [2.05, 4.69) is 52.5 Å². The summed E-state index contributed by atoms with van der Waals surface area (Å²) < 4.78 is 2.07. The van der Waals surface area contributed by atoms with Gasteiger partial charge in [0.25, 0.3) is 0 Å². The Hall–Kier alpha value is -3.02. The van der Waals surface area contributed by atoms with Crippen LogP contribution in [-0.2, 0) is 13.1 Å². The van der Waals surface area contributed by atoms with Crippen LogP contribution in [0, 0.1) is 13.8 Å². The van der Waals surface area contributed by atoms with Gasteiger partial charge in [-0.05, 0) is 36.6 Å². The summed E-state index contributed by atoms with van der Waals surface area (Å²) in [4.78, 5) is 14.1. The van der Waals surface area contributed by atoms with Crippen LogP contribution in [-0.4, -0.2) is 30.6 Å². The summed E-state index contributed by atoms with van der Waals surface area (Å²) in [5.41, 5.74) is 4.81. The Balaban J connectivity index is 1.77. The summed E-state index contributed by atoms with van der Waals surface area (Å²) in [7, 11) is 0. The molecule has 0 unspecified atom stereocenters. The minimum atomic E-state index is -0.0301. The maximum absolute atomic E-state index is 12.7. The van der Waals surface area contributed by atoms with Crippen molar-refractivity contribution in [3.8, 4) is 11.4 Å². The number of ketones is 1. The van der Waals surface area contributed by atoms with Crippen LogP contribution in [0.15, 0.2) is 43.0 Å². The number of carbonyl (C=O) groups excluding carboxylic acids is 1. The van der Waals surface area contributed by atoms with E-state index in [0.29, 0.717) is 23.9 Å². The molecule has 0 radical (unpaired) electrons. The van der Waals surface area contributed by atoms with E-state index in [9.17, 15) is 4.79 Å². The molecule has 0 bridgehead atoms. The lowest BCUT2D eigenvalue weighted by atomic mass is 10.0. The number of carbonyl (C=O) groups is 1. The van der Waals surface area contributed by atoms with Crippen molar-refractivity contribution in [2.24, 2.45) is 0 Å². The summed E-state index contributed by atoms with van der Waals surface area (Å²) >= 11 is 0. The Bertz CT molecular complexity index is 963. The highest BCUT2D eigenvalue weighted by Gasteiger charge is 2.17. The molecule has 3 rings (SSSR count). The monoisotopic (exact) mass is 363 g/mol. The summed E-state index contributed by atoms with van der Waals surface area (Å²) in [6, 6.07) is 10.0. The van der Waals surface area contributed by atoms with Crippen LogP contribution in [0.2, 0.25) is 0 Å². The molecule has 0 saturated heterocycles. The van der Waals surface area contributed by atoms with Crippen LogP contribution < -0.4 is 0 Å². The zero-order chi connectivity index (χ0) is 19.6. The molecule has 3 aromatic rings. The number of benzene rings is 1. The van der Waals surface area contributed by atoms with E-state index in [1.807, 2.05) is 38.1 Å². The molecule has 0 aliphatic heterocycles. The Morgan fingerprint density at radius 2 is 1.93 bits per heavy atom. The molecule has 27 heavy (non-hydrogen) atoms. The second-order valence-electron chi connectivity index (χ2n) is 7.03. The maximum atomic E-state index is 12.7. The number of nitrogens with zero attached hydrogens (tertiary/aromatic N) is 5. The van der Waals surface area contributed by atoms with Crippen LogP contribution >= 0.6 is 0 Å². The number of aromatic nitrogens is 5. The molecule has 0 saturated carbocycles. The van der Waals surface area contributed by atoms with Gasteiger partial charge in [-0.25, -0.2) is 0 Å². The van der Waals surface area contributed by atoms with E-state index in [1.165, 1.54) is 10.4 Å². The third-order valence-electron chi connectivity index (χ3n) is 4.76. The fourth-order valence-electron chi connectivity index (χ4n) is 3.15. The summed E-state index contributed by atoms with van der Waals surface area (Å²) in [5.74, 6) is 0.966. The van der Waals surface area contributed by atoms with Gasteiger partial charge in [0.2, 0.25) is 5.82 Å². The van der Waals surface area contributed by atoms with Gasteiger partial charge in [0.15, 0.2) is 5.78 Å². The average Bonchev–Trinajstić information content (AvgIpc) is 3.22. The standard InChI is InChI=1S/C21H25N5O/c1-6-11-25-15(4)12-19(16(25)5)20(27)13-26-23-21(22-24-26)18-9-7-17(8-10-18)14(2)3/h6-10,12,14H,1,11,13H2,2-5H3. The molecule has 0 atom stereocenters. The number of rotatable bonds is 7. The van der Waals surface area contributed by atoms with Gasteiger partial charge in [-0.2, -0.15) is 4.80 Å². The van der Waals surface area contributed by atoms with Crippen molar-refractivity contribution in [2.75, 3.05) is 0 Å². The first kappa shape index (κ1) is 18.8. The SMILES string of the molecule is C=CCn1c(C)cc(C(=O)Cn2nnc(-c3ccc(C(C)C)cc3)n2)c1C. The number of tetrazole rings is 1. The zero-order valence-corrected chi connectivity index (χ0v) is 16.3. The Kier molecular flexibility index (Phi) is 5.35. The second kappa shape index (κ2) is 7.70. The van der Waals surface area contributed by atoms with Gasteiger partial charge in [0.05, 0.1) is 0 Å². The average molecular weight is 363 g/mol. The first-order valence-electron chi connectivity index (χ1n) is 9.09. The first-order chi connectivity index (χ1) is 12.9. The largest absolute Gasteiger partial charge is 0.345 e. The molecule has 0 aliphatic carbocycles. The Morgan fingerprint density at radius 1 is 1.22 bits per heavy atom. The van der Waals surface area contributed by atoms with Gasteiger partial charge in [-0.3, -0.25) is 4.79 Å². The van der Waals surface area contributed by atoms with Crippen LogP contribution in [0.5, 0.6) is 0 Å². The molecule has 2 heterocycles. The van der Waals surface area contributed by atoms with Crippen molar-refractivity contribution in [2.45, 2.75) is 46.7 Å². The van der Waals surface area contributed by atoms with Crippen molar-refractivity contribution >= 4 is 5.78 Å². The minimum Gasteiger partial charge on any atom is -0.345 e. The Morgan fingerprint density at radius 3 is 2.56 bits per heavy atom. The molecule has 140 valence electrons. The van der Waals surface area contributed by atoms with Crippen molar-refractivity contribution in [1.29, 1.82) is 0 Å². The highest BCUT2D eigenvalue weighted by molar-refractivity contribution is 5.97. The van der Waals surface area contributed by atoms with E-state index in [-0.39, 0.29) is 12.3 Å². The fraction of sp³-hybridized carbons (Fsp3) is 0.333. The van der Waals surface area contributed by atoms with E-state index in [4.69, 9.17) is 0 Å². The highest BCUT2D eigenvalue weighted by Crippen LogP contribution is 2.20. The minimum absolute atomic E-state index is 0.0301. The van der Waals surface area contributed by atoms with Crippen molar-refractivity contribution < 1.29 is 4.79 Å². The van der Waals surface area contributed by atoms with Gasteiger partial charge in [-0.15, -0.1) is 16.8 Å². The highest BCUT2D eigenvalue weighted by atomic mass is 16.1. The number of Topliss-reactive ketones (excluding diaryl/α,β-unsaturated/α-hetero) is 1. The van der Waals surface area contributed by atoms with Gasteiger partial charge < -0.3 is 4.57 Å². The number of aryl methyl sites for hydroxylation is 1. The van der Waals surface area contributed by atoms with Gasteiger partial charge in [0, 0.05) is 29.1 Å². The quantitative estimate of drug-likeness (QED) is 0.471. The van der Waals surface area contributed by atoms with Crippen LogP contribution in [0.3, 0.4) is 0 Å². The summed E-state index contributed by atoms with van der Waals surface area (Å²) in [6.45, 7) is 12.8. The normalized spacial score (nSPS) is 11.1. The number of hydrogen-bond donors (Lipinski definition) is 0. The molecule has 6 nitrogen and oxygen atoms in total. The lowest BCUT2D eigenvalue weighted by molar-refractivity contribution is 0.0960. The molecule has 0 fully saturated rings. The van der Waals surface area contributed by atoms with E-state index in [1.54, 1.807) is 0 Å². The lowest BCUT2D eigenvalue weighted by Crippen LogP contribution is -2.14. The van der Waals surface area contributed by atoms with E-state index in [0.717, 1.165) is 17.0 Å². The van der Waals surface area contributed by atoms with Gasteiger partial charge >= 0.3 is 0 Å². The van der Waals surface area contributed by atoms with Crippen molar-refractivity contribution in [1.82, 2.24) is 24.8 Å². The molecule has 2 aromatic heterocycles. The topological polar surface area (TPSA) is 65.6 Å². The third-order valence-corrected chi connectivity index (χ3v) is 4.76. The predicted octanol–water partition coefficient (Wildman–Crippen LogP) is 3.95. The molecule has 0 amide bonds. The Labute approximate surface area is 159 Å². The smallest absolute Gasteiger partial charge is 0.204 e.